The van der Waals surface area contributed by atoms with Gasteiger partial charge in [-0.15, -0.1) is 0 Å². The zero-order valence-electron chi connectivity index (χ0n) is 12.6. The van der Waals surface area contributed by atoms with Gasteiger partial charge >= 0.3 is 0 Å². The van der Waals surface area contributed by atoms with Crippen molar-refractivity contribution in [2.24, 2.45) is 5.92 Å². The summed E-state index contributed by atoms with van der Waals surface area (Å²) < 4.78 is 34.0. The maximum absolute atomic E-state index is 11.9. The van der Waals surface area contributed by atoms with Crippen LogP contribution in [0.25, 0.3) is 0 Å². The van der Waals surface area contributed by atoms with Gasteiger partial charge < -0.3 is 14.6 Å². The Morgan fingerprint density at radius 1 is 1.25 bits per heavy atom. The first-order valence-corrected chi connectivity index (χ1v) is 9.16. The zero-order valence-corrected chi connectivity index (χ0v) is 13.4. The third kappa shape index (κ3) is 3.03. The predicted molar refractivity (Wildman–Crippen MR) is 76.4 cm³/mol. The SMILES string of the molecule is CC(C)(C(O)C1CCOC2(CCOCC2)C1)S(C)(=O)=O. The molecule has 2 heterocycles. The molecule has 20 heavy (non-hydrogen) atoms. The summed E-state index contributed by atoms with van der Waals surface area (Å²) >= 11 is 0. The quantitative estimate of drug-likeness (QED) is 0.846. The Bertz CT molecular complexity index is 431. The highest BCUT2D eigenvalue weighted by atomic mass is 32.2. The topological polar surface area (TPSA) is 72.8 Å². The monoisotopic (exact) mass is 306 g/mol. The minimum absolute atomic E-state index is 0.0356. The second kappa shape index (κ2) is 5.55. The third-order valence-electron chi connectivity index (χ3n) is 5.05. The number of rotatable bonds is 3. The Balaban J connectivity index is 2.12. The lowest BCUT2D eigenvalue weighted by molar-refractivity contribution is -0.160. The fourth-order valence-electron chi connectivity index (χ4n) is 3.21. The lowest BCUT2D eigenvalue weighted by Crippen LogP contribution is -2.53. The minimum Gasteiger partial charge on any atom is -0.391 e. The summed E-state index contributed by atoms with van der Waals surface area (Å²) in [6.45, 7) is 5.16. The molecule has 2 fully saturated rings. The van der Waals surface area contributed by atoms with Crippen LogP contribution in [0.4, 0.5) is 0 Å². The molecule has 1 N–H and O–H groups in total. The van der Waals surface area contributed by atoms with E-state index in [9.17, 15) is 13.5 Å². The molecule has 0 bridgehead atoms. The molecule has 2 rings (SSSR count). The van der Waals surface area contributed by atoms with Gasteiger partial charge in [0.15, 0.2) is 9.84 Å². The maximum Gasteiger partial charge on any atom is 0.155 e. The molecule has 0 aromatic rings. The molecule has 2 saturated heterocycles. The number of aliphatic hydroxyl groups excluding tert-OH is 1. The van der Waals surface area contributed by atoms with Crippen molar-refractivity contribution < 1.29 is 23.0 Å². The molecule has 0 aromatic heterocycles. The highest BCUT2D eigenvalue weighted by Crippen LogP contribution is 2.41. The molecule has 1 spiro atoms. The van der Waals surface area contributed by atoms with Gasteiger partial charge in [-0.05, 0) is 45.4 Å². The summed E-state index contributed by atoms with van der Waals surface area (Å²) in [7, 11) is -3.31. The molecule has 6 heteroatoms. The smallest absolute Gasteiger partial charge is 0.155 e. The number of sulfone groups is 1. The van der Waals surface area contributed by atoms with Crippen LogP contribution in [-0.2, 0) is 19.3 Å². The Hall–Kier alpha value is -0.170. The summed E-state index contributed by atoms with van der Waals surface area (Å²) in [5.41, 5.74) is -0.226. The molecule has 0 amide bonds. The number of aliphatic hydroxyl groups is 1. The van der Waals surface area contributed by atoms with Crippen LogP contribution in [0.1, 0.15) is 39.5 Å². The van der Waals surface area contributed by atoms with Crippen LogP contribution < -0.4 is 0 Å². The van der Waals surface area contributed by atoms with Gasteiger partial charge in [0.05, 0.1) is 16.5 Å². The predicted octanol–water partition coefficient (Wildman–Crippen LogP) is 1.15. The van der Waals surface area contributed by atoms with E-state index >= 15 is 0 Å². The first-order valence-electron chi connectivity index (χ1n) is 7.27. The molecule has 0 aromatic carbocycles. The Labute approximate surface area is 121 Å². The number of ether oxygens (including phenoxy) is 2. The molecule has 0 aliphatic carbocycles. The van der Waals surface area contributed by atoms with Crippen LogP contribution >= 0.6 is 0 Å². The highest BCUT2D eigenvalue weighted by molar-refractivity contribution is 7.92. The van der Waals surface area contributed by atoms with Crippen LogP contribution in [0.15, 0.2) is 0 Å². The molecule has 2 unspecified atom stereocenters. The van der Waals surface area contributed by atoms with Gasteiger partial charge in [0.1, 0.15) is 0 Å². The summed E-state index contributed by atoms with van der Waals surface area (Å²) in [4.78, 5) is 0. The minimum atomic E-state index is -3.31. The highest BCUT2D eigenvalue weighted by Gasteiger charge is 2.47. The Morgan fingerprint density at radius 2 is 1.85 bits per heavy atom. The van der Waals surface area contributed by atoms with Crippen LogP contribution in [-0.4, -0.2) is 56.1 Å². The van der Waals surface area contributed by atoms with Crippen LogP contribution in [0.3, 0.4) is 0 Å². The van der Waals surface area contributed by atoms with E-state index in [0.29, 0.717) is 26.2 Å². The van der Waals surface area contributed by atoms with Crippen molar-refractivity contribution in [3.8, 4) is 0 Å². The normalized spacial score (nSPS) is 29.3. The first kappa shape index (κ1) is 16.2. The van der Waals surface area contributed by atoms with Gasteiger partial charge in [-0.2, -0.15) is 0 Å². The van der Waals surface area contributed by atoms with E-state index in [-0.39, 0.29) is 11.5 Å². The van der Waals surface area contributed by atoms with E-state index in [2.05, 4.69) is 0 Å². The van der Waals surface area contributed by atoms with E-state index in [1.54, 1.807) is 13.8 Å². The van der Waals surface area contributed by atoms with E-state index in [4.69, 9.17) is 9.47 Å². The van der Waals surface area contributed by atoms with Crippen molar-refractivity contribution in [2.75, 3.05) is 26.1 Å². The number of hydrogen-bond acceptors (Lipinski definition) is 5. The van der Waals surface area contributed by atoms with Crippen LogP contribution in [0, 0.1) is 5.92 Å². The lowest BCUT2D eigenvalue weighted by Gasteiger charge is -2.46. The standard InChI is InChI=1S/C14H26O5S/c1-13(2,20(3,16)17)12(15)11-4-7-19-14(10-11)5-8-18-9-6-14/h11-12,15H,4-10H2,1-3H3. The van der Waals surface area contributed by atoms with Gasteiger partial charge in [-0.25, -0.2) is 8.42 Å². The fraction of sp³-hybridized carbons (Fsp3) is 1.00. The van der Waals surface area contributed by atoms with Crippen molar-refractivity contribution in [1.29, 1.82) is 0 Å². The summed E-state index contributed by atoms with van der Waals surface area (Å²) in [6.07, 6.45) is 3.42. The average molecular weight is 306 g/mol. The average Bonchev–Trinajstić information content (AvgIpc) is 2.37. The van der Waals surface area contributed by atoms with Crippen LogP contribution in [0.2, 0.25) is 0 Å². The summed E-state index contributed by atoms with van der Waals surface area (Å²) in [6, 6.07) is 0. The lowest BCUT2D eigenvalue weighted by atomic mass is 9.76. The molecule has 0 radical (unpaired) electrons. The van der Waals surface area contributed by atoms with Gasteiger partial charge in [-0.1, -0.05) is 0 Å². The van der Waals surface area contributed by atoms with E-state index in [1.165, 1.54) is 6.26 Å². The fourth-order valence-corrected chi connectivity index (χ4v) is 3.85. The Morgan fingerprint density at radius 3 is 2.40 bits per heavy atom. The summed E-state index contributed by atoms with van der Waals surface area (Å²) in [5.74, 6) is -0.0356. The molecular formula is C14H26O5S. The number of hydrogen-bond donors (Lipinski definition) is 1. The van der Waals surface area contributed by atoms with Gasteiger partial charge in [-0.3, -0.25) is 0 Å². The molecular weight excluding hydrogens is 280 g/mol. The molecule has 118 valence electrons. The van der Waals surface area contributed by atoms with E-state index < -0.39 is 20.7 Å². The maximum atomic E-state index is 11.9. The summed E-state index contributed by atoms with van der Waals surface area (Å²) in [5, 5.41) is 10.6. The van der Waals surface area contributed by atoms with Crippen molar-refractivity contribution >= 4 is 9.84 Å². The van der Waals surface area contributed by atoms with E-state index in [1.807, 2.05) is 0 Å². The van der Waals surface area contributed by atoms with Crippen LogP contribution in [0.5, 0.6) is 0 Å². The van der Waals surface area contributed by atoms with Crippen molar-refractivity contribution in [1.82, 2.24) is 0 Å². The molecule has 0 saturated carbocycles. The van der Waals surface area contributed by atoms with Crippen molar-refractivity contribution in [3.05, 3.63) is 0 Å². The van der Waals surface area contributed by atoms with Crippen molar-refractivity contribution in [3.63, 3.8) is 0 Å². The van der Waals surface area contributed by atoms with Gasteiger partial charge in [0.25, 0.3) is 0 Å². The second-order valence-corrected chi connectivity index (χ2v) is 9.31. The Kier molecular flexibility index (Phi) is 4.50. The zero-order chi connectivity index (χ0) is 15.0. The van der Waals surface area contributed by atoms with Gasteiger partial charge in [0, 0.05) is 26.1 Å². The van der Waals surface area contributed by atoms with E-state index in [0.717, 1.165) is 19.3 Å². The first-order chi connectivity index (χ1) is 9.18. The molecule has 2 aliphatic rings. The van der Waals surface area contributed by atoms with Gasteiger partial charge in [0.2, 0.25) is 0 Å². The molecule has 2 aliphatic heterocycles. The third-order valence-corrected chi connectivity index (χ3v) is 7.20. The molecule has 2 atom stereocenters. The largest absolute Gasteiger partial charge is 0.391 e. The molecule has 5 nitrogen and oxygen atoms in total. The van der Waals surface area contributed by atoms with Crippen molar-refractivity contribution in [2.45, 2.75) is 56.0 Å². The second-order valence-electron chi connectivity index (χ2n) is 6.72.